The Morgan fingerprint density at radius 1 is 1.33 bits per heavy atom. The predicted octanol–water partition coefficient (Wildman–Crippen LogP) is 2.49. The lowest BCUT2D eigenvalue weighted by molar-refractivity contribution is -0.134. The Kier molecular flexibility index (Phi) is 4.70. The molecule has 1 heterocycles. The number of nitrogens with zero attached hydrogens (tertiary/aromatic N) is 1. The minimum atomic E-state index is -0.790. The Morgan fingerprint density at radius 2 is 1.94 bits per heavy atom. The summed E-state index contributed by atoms with van der Waals surface area (Å²) in [7, 11) is 0. The van der Waals surface area contributed by atoms with Gasteiger partial charge in [-0.15, -0.1) is 0 Å². The molecule has 0 saturated carbocycles. The number of imide groups is 1. The molecule has 1 rings (SSSR count). The van der Waals surface area contributed by atoms with E-state index in [0.717, 1.165) is 17.9 Å². The summed E-state index contributed by atoms with van der Waals surface area (Å²) in [6, 6.07) is -0.251. The van der Waals surface area contributed by atoms with E-state index >= 15 is 0 Å². The molecule has 0 radical (unpaired) electrons. The van der Waals surface area contributed by atoms with Crippen LogP contribution in [0.25, 0.3) is 0 Å². The Bertz CT molecular complexity index is 338. The molecule has 0 aromatic carbocycles. The highest BCUT2D eigenvalue weighted by atomic mass is 32.2. The highest BCUT2D eigenvalue weighted by molar-refractivity contribution is 7.99. The third kappa shape index (κ3) is 2.82. The fraction of sp³-hybridized carbons (Fsp3) is 0.846. The first kappa shape index (κ1) is 15.3. The minimum Gasteiger partial charge on any atom is -0.323 e. The zero-order valence-electron chi connectivity index (χ0n) is 12.0. The topological polar surface area (TPSA) is 49.4 Å². The van der Waals surface area contributed by atoms with Gasteiger partial charge < -0.3 is 5.32 Å². The van der Waals surface area contributed by atoms with Crippen molar-refractivity contribution in [1.29, 1.82) is 0 Å². The van der Waals surface area contributed by atoms with Gasteiger partial charge >= 0.3 is 6.03 Å². The van der Waals surface area contributed by atoms with Gasteiger partial charge in [-0.3, -0.25) is 9.69 Å². The molecular formula is C13H24N2O2S. The normalized spacial score (nSPS) is 24.6. The number of rotatable bonds is 5. The second kappa shape index (κ2) is 5.51. The average molecular weight is 272 g/mol. The summed E-state index contributed by atoms with van der Waals surface area (Å²) >= 11 is 1.83. The first-order chi connectivity index (χ1) is 8.24. The van der Waals surface area contributed by atoms with E-state index in [9.17, 15) is 9.59 Å². The van der Waals surface area contributed by atoms with Crippen LogP contribution in [0.2, 0.25) is 0 Å². The molecule has 1 aliphatic heterocycles. The van der Waals surface area contributed by atoms with Crippen LogP contribution in [0, 0.1) is 5.41 Å². The molecule has 0 aromatic rings. The molecule has 3 amide bonds. The number of urea groups is 1. The lowest BCUT2D eigenvalue weighted by Crippen LogP contribution is -2.54. The molecule has 18 heavy (non-hydrogen) atoms. The Hall–Kier alpha value is -0.710. The van der Waals surface area contributed by atoms with Gasteiger partial charge in [0.2, 0.25) is 0 Å². The van der Waals surface area contributed by atoms with Crippen molar-refractivity contribution >= 4 is 23.7 Å². The van der Waals surface area contributed by atoms with E-state index < -0.39 is 5.54 Å². The fourth-order valence-corrected chi connectivity index (χ4v) is 2.50. The van der Waals surface area contributed by atoms with Gasteiger partial charge in [-0.25, -0.2) is 4.79 Å². The van der Waals surface area contributed by atoms with Crippen LogP contribution in [-0.4, -0.2) is 40.4 Å². The second-order valence-corrected chi connectivity index (χ2v) is 7.21. The second-order valence-electron chi connectivity index (χ2n) is 5.81. The van der Waals surface area contributed by atoms with Gasteiger partial charge in [0, 0.05) is 6.54 Å². The summed E-state index contributed by atoms with van der Waals surface area (Å²) in [6.07, 6.45) is 0.859. The summed E-state index contributed by atoms with van der Waals surface area (Å²) in [6.45, 7) is 10.4. The van der Waals surface area contributed by atoms with E-state index in [4.69, 9.17) is 0 Å². The Labute approximate surface area is 114 Å². The van der Waals surface area contributed by atoms with Crippen LogP contribution in [0.3, 0.4) is 0 Å². The number of hydrogen-bond donors (Lipinski definition) is 1. The van der Waals surface area contributed by atoms with Crippen LogP contribution in [-0.2, 0) is 4.79 Å². The van der Waals surface area contributed by atoms with Gasteiger partial charge in [0.25, 0.3) is 5.91 Å². The van der Waals surface area contributed by atoms with E-state index in [1.165, 1.54) is 4.90 Å². The molecule has 1 atom stereocenters. The molecule has 1 unspecified atom stereocenters. The van der Waals surface area contributed by atoms with Crippen molar-refractivity contribution in [2.75, 3.05) is 18.1 Å². The third-order valence-corrected chi connectivity index (χ3v) is 4.64. The van der Waals surface area contributed by atoms with Gasteiger partial charge in [0.15, 0.2) is 0 Å². The van der Waals surface area contributed by atoms with Crippen molar-refractivity contribution < 1.29 is 9.59 Å². The molecule has 1 saturated heterocycles. The highest BCUT2D eigenvalue weighted by Crippen LogP contribution is 2.35. The molecule has 1 fully saturated rings. The molecule has 1 N–H and O–H groups in total. The van der Waals surface area contributed by atoms with Gasteiger partial charge in [0.1, 0.15) is 5.54 Å². The number of nitrogens with one attached hydrogen (secondary N) is 1. The monoisotopic (exact) mass is 272 g/mol. The van der Waals surface area contributed by atoms with E-state index in [2.05, 4.69) is 12.2 Å². The zero-order chi connectivity index (χ0) is 14.0. The SMILES string of the molecule is CCSCCCN1C(=O)NC(C)(C(C)(C)C)C1=O. The molecule has 104 valence electrons. The number of carbonyl (C=O) groups excluding carboxylic acids is 2. The van der Waals surface area contributed by atoms with Crippen molar-refractivity contribution in [2.24, 2.45) is 5.41 Å². The molecule has 0 aromatic heterocycles. The van der Waals surface area contributed by atoms with E-state index in [0.29, 0.717) is 6.54 Å². The number of hydrogen-bond acceptors (Lipinski definition) is 3. The molecule has 0 spiro atoms. The number of amides is 3. The third-order valence-electron chi connectivity index (χ3n) is 3.65. The van der Waals surface area contributed by atoms with E-state index in [1.54, 1.807) is 0 Å². The largest absolute Gasteiger partial charge is 0.325 e. The summed E-state index contributed by atoms with van der Waals surface area (Å²) < 4.78 is 0. The fourth-order valence-electron chi connectivity index (χ4n) is 1.88. The van der Waals surface area contributed by atoms with Crippen LogP contribution in [0.5, 0.6) is 0 Å². The average Bonchev–Trinajstić information content (AvgIpc) is 2.47. The van der Waals surface area contributed by atoms with Crippen LogP contribution >= 0.6 is 11.8 Å². The molecular weight excluding hydrogens is 248 g/mol. The van der Waals surface area contributed by atoms with Gasteiger partial charge in [-0.2, -0.15) is 11.8 Å². The van der Waals surface area contributed by atoms with Crippen LogP contribution < -0.4 is 5.32 Å². The van der Waals surface area contributed by atoms with Gasteiger partial charge in [0.05, 0.1) is 0 Å². The zero-order valence-corrected chi connectivity index (χ0v) is 12.8. The lowest BCUT2D eigenvalue weighted by atomic mass is 9.75. The Balaban J connectivity index is 2.68. The van der Waals surface area contributed by atoms with Crippen LogP contribution in [0.1, 0.15) is 41.0 Å². The molecule has 0 aliphatic carbocycles. The minimum absolute atomic E-state index is 0.0958. The smallest absolute Gasteiger partial charge is 0.323 e. The summed E-state index contributed by atoms with van der Waals surface area (Å²) in [4.78, 5) is 25.6. The quantitative estimate of drug-likeness (QED) is 0.618. The maximum Gasteiger partial charge on any atom is 0.325 e. The molecule has 5 heteroatoms. The van der Waals surface area contributed by atoms with Crippen LogP contribution in [0.15, 0.2) is 0 Å². The molecule has 1 aliphatic rings. The number of carbonyl (C=O) groups is 2. The van der Waals surface area contributed by atoms with Crippen molar-refractivity contribution in [3.05, 3.63) is 0 Å². The van der Waals surface area contributed by atoms with Crippen molar-refractivity contribution in [2.45, 2.75) is 46.6 Å². The highest BCUT2D eigenvalue weighted by Gasteiger charge is 2.54. The van der Waals surface area contributed by atoms with Crippen LogP contribution in [0.4, 0.5) is 4.79 Å². The summed E-state index contributed by atoms with van der Waals surface area (Å²) in [5.41, 5.74) is -1.07. The summed E-state index contributed by atoms with van der Waals surface area (Å²) in [5, 5.41) is 2.84. The predicted molar refractivity (Wildman–Crippen MR) is 75.7 cm³/mol. The maximum atomic E-state index is 12.4. The van der Waals surface area contributed by atoms with Crippen molar-refractivity contribution in [3.63, 3.8) is 0 Å². The first-order valence-corrected chi connectivity index (χ1v) is 7.61. The van der Waals surface area contributed by atoms with E-state index in [1.807, 2.05) is 39.5 Å². The van der Waals surface area contributed by atoms with Gasteiger partial charge in [-0.05, 0) is 30.3 Å². The van der Waals surface area contributed by atoms with Crippen molar-refractivity contribution in [1.82, 2.24) is 10.2 Å². The summed E-state index contributed by atoms with van der Waals surface area (Å²) in [5.74, 6) is 1.96. The number of thioether (sulfide) groups is 1. The van der Waals surface area contributed by atoms with Crippen molar-refractivity contribution in [3.8, 4) is 0 Å². The lowest BCUT2D eigenvalue weighted by Gasteiger charge is -2.35. The Morgan fingerprint density at radius 3 is 2.39 bits per heavy atom. The van der Waals surface area contributed by atoms with E-state index in [-0.39, 0.29) is 17.4 Å². The standard InChI is InChI=1S/C13H24N2O2S/c1-6-18-9-7-8-15-10(16)13(5,12(2,3)4)14-11(15)17/h6-9H2,1-5H3,(H,14,17). The molecule has 0 bridgehead atoms. The van der Waals surface area contributed by atoms with Gasteiger partial charge in [-0.1, -0.05) is 27.7 Å². The first-order valence-electron chi connectivity index (χ1n) is 6.46. The molecule has 4 nitrogen and oxygen atoms in total. The maximum absolute atomic E-state index is 12.4.